The Bertz CT molecular complexity index is 839. The van der Waals surface area contributed by atoms with Crippen LogP contribution in [0, 0.1) is 6.92 Å². The Hall–Kier alpha value is -2.33. The molecule has 0 atom stereocenters. The highest BCUT2D eigenvalue weighted by atomic mass is 35.5. The van der Waals surface area contributed by atoms with Gasteiger partial charge in [0.1, 0.15) is 5.65 Å². The van der Waals surface area contributed by atoms with Crippen LogP contribution in [0.1, 0.15) is 29.7 Å². The Morgan fingerprint density at radius 2 is 1.96 bits per heavy atom. The van der Waals surface area contributed by atoms with Crippen LogP contribution in [0.15, 0.2) is 48.8 Å². The second-order valence-electron chi connectivity index (χ2n) is 5.96. The summed E-state index contributed by atoms with van der Waals surface area (Å²) in [5.41, 5.74) is 4.17. The minimum absolute atomic E-state index is 0.0530. The number of aromatic nitrogens is 2. The molecule has 24 heavy (non-hydrogen) atoms. The summed E-state index contributed by atoms with van der Waals surface area (Å²) in [6, 6.07) is 12.1. The van der Waals surface area contributed by atoms with E-state index in [2.05, 4.69) is 41.5 Å². The standard InChI is InChI=1S/C19H20ClN3O/c1-14-5-7-15(8-6-14)3-2-4-19(24)21-11-17-13-23-12-16(20)9-10-18(23)22-17/h5-10,12-13H,2-4,11H2,1H3,(H,21,24). The predicted molar refractivity (Wildman–Crippen MR) is 96.2 cm³/mol. The van der Waals surface area contributed by atoms with Gasteiger partial charge in [-0.3, -0.25) is 4.79 Å². The van der Waals surface area contributed by atoms with Crippen LogP contribution >= 0.6 is 11.6 Å². The van der Waals surface area contributed by atoms with Crippen molar-refractivity contribution in [2.24, 2.45) is 0 Å². The first-order valence-corrected chi connectivity index (χ1v) is 8.43. The van der Waals surface area contributed by atoms with Gasteiger partial charge in [0.05, 0.1) is 17.3 Å². The van der Waals surface area contributed by atoms with Gasteiger partial charge in [-0.1, -0.05) is 41.4 Å². The molecule has 124 valence electrons. The summed E-state index contributed by atoms with van der Waals surface area (Å²) in [7, 11) is 0. The maximum absolute atomic E-state index is 12.0. The molecule has 0 aliphatic rings. The fraction of sp³-hybridized carbons (Fsp3) is 0.263. The number of carbonyl (C=O) groups excluding carboxylic acids is 1. The summed E-state index contributed by atoms with van der Waals surface area (Å²) >= 11 is 5.95. The molecule has 2 aromatic heterocycles. The molecule has 0 saturated heterocycles. The molecule has 0 aliphatic carbocycles. The molecule has 0 unspecified atom stereocenters. The quantitative estimate of drug-likeness (QED) is 0.738. The number of amides is 1. The average molecular weight is 342 g/mol. The van der Waals surface area contributed by atoms with Gasteiger partial charge in [0.2, 0.25) is 5.91 Å². The van der Waals surface area contributed by atoms with Gasteiger partial charge in [-0.15, -0.1) is 0 Å². The third-order valence-electron chi connectivity index (χ3n) is 3.92. The Balaban J connectivity index is 1.45. The number of carbonyl (C=O) groups is 1. The number of hydrogen-bond acceptors (Lipinski definition) is 2. The molecule has 0 bridgehead atoms. The number of aryl methyl sites for hydroxylation is 2. The third kappa shape index (κ3) is 4.36. The van der Waals surface area contributed by atoms with E-state index in [4.69, 9.17) is 11.6 Å². The first-order valence-electron chi connectivity index (χ1n) is 8.05. The Kier molecular flexibility index (Phi) is 5.16. The number of imidazole rings is 1. The molecule has 0 radical (unpaired) electrons. The van der Waals surface area contributed by atoms with Gasteiger partial charge in [0.25, 0.3) is 0 Å². The average Bonchev–Trinajstić information content (AvgIpc) is 2.97. The Labute approximate surface area is 146 Å². The van der Waals surface area contributed by atoms with Crippen molar-refractivity contribution in [1.82, 2.24) is 14.7 Å². The van der Waals surface area contributed by atoms with E-state index in [1.165, 1.54) is 11.1 Å². The minimum atomic E-state index is 0.0530. The van der Waals surface area contributed by atoms with E-state index in [1.807, 2.05) is 16.7 Å². The monoisotopic (exact) mass is 341 g/mol. The number of benzene rings is 1. The number of rotatable bonds is 6. The number of pyridine rings is 1. The van der Waals surface area contributed by atoms with Crippen molar-refractivity contribution >= 4 is 23.2 Å². The van der Waals surface area contributed by atoms with Crippen molar-refractivity contribution < 1.29 is 4.79 Å². The fourth-order valence-corrected chi connectivity index (χ4v) is 2.76. The zero-order valence-electron chi connectivity index (χ0n) is 13.6. The van der Waals surface area contributed by atoms with E-state index in [0.29, 0.717) is 18.0 Å². The summed E-state index contributed by atoms with van der Waals surface area (Å²) in [5, 5.41) is 3.58. The zero-order chi connectivity index (χ0) is 16.9. The van der Waals surface area contributed by atoms with Gasteiger partial charge in [-0.25, -0.2) is 4.98 Å². The summed E-state index contributed by atoms with van der Waals surface area (Å²) in [4.78, 5) is 16.4. The fourth-order valence-electron chi connectivity index (χ4n) is 2.59. The highest BCUT2D eigenvalue weighted by Crippen LogP contribution is 2.12. The highest BCUT2D eigenvalue weighted by molar-refractivity contribution is 6.30. The maximum Gasteiger partial charge on any atom is 0.220 e. The van der Waals surface area contributed by atoms with Crippen molar-refractivity contribution in [1.29, 1.82) is 0 Å². The molecule has 0 saturated carbocycles. The first-order chi connectivity index (χ1) is 11.6. The number of nitrogens with one attached hydrogen (secondary N) is 1. The molecule has 3 aromatic rings. The lowest BCUT2D eigenvalue weighted by Crippen LogP contribution is -2.22. The SMILES string of the molecule is Cc1ccc(CCCC(=O)NCc2cn3cc(Cl)ccc3n2)cc1. The minimum Gasteiger partial charge on any atom is -0.350 e. The molecule has 4 nitrogen and oxygen atoms in total. The van der Waals surface area contributed by atoms with Crippen LogP contribution < -0.4 is 5.32 Å². The molecule has 1 N–H and O–H groups in total. The maximum atomic E-state index is 12.0. The van der Waals surface area contributed by atoms with E-state index in [1.54, 1.807) is 12.3 Å². The summed E-state index contributed by atoms with van der Waals surface area (Å²) < 4.78 is 1.86. The van der Waals surface area contributed by atoms with Gasteiger partial charge in [-0.05, 0) is 37.5 Å². The van der Waals surface area contributed by atoms with Crippen molar-refractivity contribution in [3.8, 4) is 0 Å². The van der Waals surface area contributed by atoms with Gasteiger partial charge in [0, 0.05) is 18.8 Å². The molecular formula is C19H20ClN3O. The van der Waals surface area contributed by atoms with Crippen LogP contribution in [0.4, 0.5) is 0 Å². The number of halogens is 1. The van der Waals surface area contributed by atoms with Crippen molar-refractivity contribution in [2.45, 2.75) is 32.7 Å². The summed E-state index contributed by atoms with van der Waals surface area (Å²) in [6.45, 7) is 2.51. The molecular weight excluding hydrogens is 322 g/mol. The van der Waals surface area contributed by atoms with Gasteiger partial charge < -0.3 is 9.72 Å². The number of nitrogens with zero attached hydrogens (tertiary/aromatic N) is 2. The number of fused-ring (bicyclic) bond motifs is 1. The van der Waals surface area contributed by atoms with Gasteiger partial charge in [-0.2, -0.15) is 0 Å². The zero-order valence-corrected chi connectivity index (χ0v) is 14.4. The molecule has 1 aromatic carbocycles. The molecule has 2 heterocycles. The highest BCUT2D eigenvalue weighted by Gasteiger charge is 2.05. The Morgan fingerprint density at radius 1 is 1.17 bits per heavy atom. The number of hydrogen-bond donors (Lipinski definition) is 1. The normalized spacial score (nSPS) is 10.9. The molecule has 3 rings (SSSR count). The van der Waals surface area contributed by atoms with Crippen molar-refractivity contribution in [3.05, 3.63) is 70.6 Å². The summed E-state index contributed by atoms with van der Waals surface area (Å²) in [5.74, 6) is 0.0530. The van der Waals surface area contributed by atoms with Gasteiger partial charge in [0.15, 0.2) is 0 Å². The summed E-state index contributed by atoms with van der Waals surface area (Å²) in [6.07, 6.45) is 5.97. The Morgan fingerprint density at radius 3 is 2.75 bits per heavy atom. The van der Waals surface area contributed by atoms with Gasteiger partial charge >= 0.3 is 0 Å². The largest absolute Gasteiger partial charge is 0.350 e. The van der Waals surface area contributed by atoms with Crippen molar-refractivity contribution in [3.63, 3.8) is 0 Å². The van der Waals surface area contributed by atoms with Crippen LogP contribution in [-0.2, 0) is 17.8 Å². The van der Waals surface area contributed by atoms with E-state index in [0.717, 1.165) is 24.2 Å². The van der Waals surface area contributed by atoms with Crippen LogP contribution in [0.2, 0.25) is 5.02 Å². The van der Waals surface area contributed by atoms with Crippen LogP contribution in [0.3, 0.4) is 0 Å². The van der Waals surface area contributed by atoms with E-state index >= 15 is 0 Å². The molecule has 0 aliphatic heterocycles. The first kappa shape index (κ1) is 16.5. The molecule has 1 amide bonds. The lowest BCUT2D eigenvalue weighted by atomic mass is 10.1. The van der Waals surface area contributed by atoms with E-state index in [-0.39, 0.29) is 5.91 Å². The smallest absolute Gasteiger partial charge is 0.220 e. The lowest BCUT2D eigenvalue weighted by Gasteiger charge is -2.04. The second kappa shape index (κ2) is 7.49. The predicted octanol–water partition coefficient (Wildman–Crippen LogP) is 3.94. The lowest BCUT2D eigenvalue weighted by molar-refractivity contribution is -0.121. The topological polar surface area (TPSA) is 46.4 Å². The van der Waals surface area contributed by atoms with Crippen LogP contribution in [-0.4, -0.2) is 15.3 Å². The van der Waals surface area contributed by atoms with E-state index < -0.39 is 0 Å². The molecule has 0 fully saturated rings. The van der Waals surface area contributed by atoms with Crippen molar-refractivity contribution in [2.75, 3.05) is 0 Å². The third-order valence-corrected chi connectivity index (χ3v) is 4.14. The molecule has 5 heteroatoms. The van der Waals surface area contributed by atoms with Crippen LogP contribution in [0.25, 0.3) is 5.65 Å². The molecule has 0 spiro atoms. The second-order valence-corrected chi connectivity index (χ2v) is 6.40. The van der Waals surface area contributed by atoms with E-state index in [9.17, 15) is 4.79 Å². The van der Waals surface area contributed by atoms with Crippen LogP contribution in [0.5, 0.6) is 0 Å².